The predicted octanol–water partition coefficient (Wildman–Crippen LogP) is 3.54. The van der Waals surface area contributed by atoms with E-state index in [-0.39, 0.29) is 0 Å². The molecule has 92 valence electrons. The maximum atomic E-state index is 4.27. The van der Waals surface area contributed by atoms with E-state index in [1.54, 1.807) is 0 Å². The van der Waals surface area contributed by atoms with Gasteiger partial charge in [0.2, 0.25) is 0 Å². The lowest BCUT2D eigenvalue weighted by Crippen LogP contribution is -2.07. The summed E-state index contributed by atoms with van der Waals surface area (Å²) in [6, 6.07) is 0. The fraction of sp³-hybridized carbons (Fsp3) is 0.846. The third-order valence-electron chi connectivity index (χ3n) is 2.95. The van der Waals surface area contributed by atoms with Gasteiger partial charge in [-0.2, -0.15) is 0 Å². The van der Waals surface area contributed by atoms with E-state index in [1.165, 1.54) is 37.1 Å². The van der Waals surface area contributed by atoms with Crippen LogP contribution in [0.25, 0.3) is 0 Å². The molecule has 0 aliphatic carbocycles. The first-order chi connectivity index (χ1) is 7.70. The molecule has 0 fully saturated rings. The number of rotatable bonds is 7. The van der Waals surface area contributed by atoms with Gasteiger partial charge < -0.3 is 0 Å². The van der Waals surface area contributed by atoms with Gasteiger partial charge in [-0.15, -0.1) is 5.10 Å². The number of hydrogen-bond acceptors (Lipinski definition) is 2. The van der Waals surface area contributed by atoms with Gasteiger partial charge in [0.1, 0.15) is 0 Å². The Labute approximate surface area is 99.2 Å². The standard InChI is InChI=1S/C13H25N3/c1-5-7-8-9-10-16-13(11(3)4)12(6-2)14-15-16/h11H,5-10H2,1-4H3. The van der Waals surface area contributed by atoms with E-state index in [9.17, 15) is 0 Å². The van der Waals surface area contributed by atoms with Crippen molar-refractivity contribution < 1.29 is 0 Å². The van der Waals surface area contributed by atoms with Gasteiger partial charge in [-0.25, -0.2) is 4.68 Å². The number of nitrogens with zero attached hydrogens (tertiary/aromatic N) is 3. The Kier molecular flexibility index (Phi) is 5.50. The van der Waals surface area contributed by atoms with Crippen molar-refractivity contribution in [3.05, 3.63) is 11.4 Å². The van der Waals surface area contributed by atoms with Crippen LogP contribution < -0.4 is 0 Å². The highest BCUT2D eigenvalue weighted by atomic mass is 15.4. The highest BCUT2D eigenvalue weighted by Gasteiger charge is 2.13. The van der Waals surface area contributed by atoms with Crippen molar-refractivity contribution >= 4 is 0 Å². The van der Waals surface area contributed by atoms with Crippen molar-refractivity contribution in [2.75, 3.05) is 0 Å². The van der Waals surface area contributed by atoms with Gasteiger partial charge in [0, 0.05) is 6.54 Å². The highest BCUT2D eigenvalue weighted by Crippen LogP contribution is 2.18. The second-order valence-electron chi connectivity index (χ2n) is 4.71. The van der Waals surface area contributed by atoms with Crippen LogP contribution in [0.15, 0.2) is 0 Å². The molecule has 0 saturated carbocycles. The van der Waals surface area contributed by atoms with Crippen molar-refractivity contribution in [2.24, 2.45) is 0 Å². The molecule has 0 amide bonds. The Morgan fingerprint density at radius 1 is 1.12 bits per heavy atom. The molecule has 16 heavy (non-hydrogen) atoms. The van der Waals surface area contributed by atoms with Crippen LogP contribution in [-0.2, 0) is 13.0 Å². The minimum absolute atomic E-state index is 0.524. The Hall–Kier alpha value is -0.860. The molecule has 0 unspecified atom stereocenters. The monoisotopic (exact) mass is 223 g/mol. The number of aromatic nitrogens is 3. The van der Waals surface area contributed by atoms with E-state index >= 15 is 0 Å². The smallest absolute Gasteiger partial charge is 0.0859 e. The number of aryl methyl sites for hydroxylation is 2. The summed E-state index contributed by atoms with van der Waals surface area (Å²) in [6.07, 6.45) is 6.12. The van der Waals surface area contributed by atoms with E-state index in [1.807, 2.05) is 0 Å². The Morgan fingerprint density at radius 2 is 1.88 bits per heavy atom. The Morgan fingerprint density at radius 3 is 2.44 bits per heavy atom. The second-order valence-corrected chi connectivity index (χ2v) is 4.71. The van der Waals surface area contributed by atoms with Crippen LogP contribution in [0, 0.1) is 0 Å². The molecule has 0 radical (unpaired) electrons. The van der Waals surface area contributed by atoms with Crippen LogP contribution in [-0.4, -0.2) is 15.0 Å². The molecule has 3 heteroatoms. The summed E-state index contributed by atoms with van der Waals surface area (Å²) in [7, 11) is 0. The summed E-state index contributed by atoms with van der Waals surface area (Å²) in [5.41, 5.74) is 2.50. The lowest BCUT2D eigenvalue weighted by Gasteiger charge is -2.10. The minimum Gasteiger partial charge on any atom is -0.249 e. The van der Waals surface area contributed by atoms with Crippen molar-refractivity contribution in [1.29, 1.82) is 0 Å². The first-order valence-corrected chi connectivity index (χ1v) is 6.62. The number of unbranched alkanes of at least 4 members (excludes halogenated alkanes) is 3. The lowest BCUT2D eigenvalue weighted by atomic mass is 10.1. The molecular formula is C13H25N3. The molecule has 0 saturated heterocycles. The van der Waals surface area contributed by atoms with Gasteiger partial charge in [-0.1, -0.05) is 52.2 Å². The summed E-state index contributed by atoms with van der Waals surface area (Å²) < 4.78 is 2.11. The summed E-state index contributed by atoms with van der Waals surface area (Å²) in [4.78, 5) is 0. The van der Waals surface area contributed by atoms with Crippen molar-refractivity contribution in [2.45, 2.75) is 72.3 Å². The van der Waals surface area contributed by atoms with E-state index in [4.69, 9.17) is 0 Å². The molecule has 1 aromatic heterocycles. The fourth-order valence-electron chi connectivity index (χ4n) is 2.09. The molecule has 0 spiro atoms. The summed E-state index contributed by atoms with van der Waals surface area (Å²) >= 11 is 0. The Bertz CT molecular complexity index is 302. The molecule has 0 aliphatic rings. The summed E-state index contributed by atoms with van der Waals surface area (Å²) in [5.74, 6) is 0.524. The van der Waals surface area contributed by atoms with Crippen LogP contribution in [0.4, 0.5) is 0 Å². The van der Waals surface area contributed by atoms with Crippen LogP contribution in [0.3, 0.4) is 0 Å². The summed E-state index contributed by atoms with van der Waals surface area (Å²) in [5, 5.41) is 8.54. The van der Waals surface area contributed by atoms with Gasteiger partial charge >= 0.3 is 0 Å². The first-order valence-electron chi connectivity index (χ1n) is 6.62. The van der Waals surface area contributed by atoms with Crippen molar-refractivity contribution in [3.8, 4) is 0 Å². The maximum Gasteiger partial charge on any atom is 0.0859 e. The highest BCUT2D eigenvalue weighted by molar-refractivity contribution is 5.14. The maximum absolute atomic E-state index is 4.27. The van der Waals surface area contributed by atoms with Crippen molar-refractivity contribution in [1.82, 2.24) is 15.0 Å². The molecule has 1 rings (SSSR count). The van der Waals surface area contributed by atoms with Crippen LogP contribution in [0.5, 0.6) is 0 Å². The summed E-state index contributed by atoms with van der Waals surface area (Å²) in [6.45, 7) is 9.86. The van der Waals surface area contributed by atoms with E-state index < -0.39 is 0 Å². The Balaban J connectivity index is 2.61. The van der Waals surface area contributed by atoms with Gasteiger partial charge in [0.25, 0.3) is 0 Å². The quantitative estimate of drug-likeness (QED) is 0.662. The molecular weight excluding hydrogens is 198 g/mol. The molecule has 0 bridgehead atoms. The molecule has 1 heterocycles. The fourth-order valence-corrected chi connectivity index (χ4v) is 2.09. The topological polar surface area (TPSA) is 30.7 Å². The molecule has 3 nitrogen and oxygen atoms in total. The largest absolute Gasteiger partial charge is 0.249 e. The SMILES string of the molecule is CCCCCCn1nnc(CC)c1C(C)C. The van der Waals surface area contributed by atoms with Gasteiger partial charge in [-0.05, 0) is 18.8 Å². The third kappa shape index (κ3) is 3.32. The van der Waals surface area contributed by atoms with Crippen LogP contribution in [0.2, 0.25) is 0 Å². The van der Waals surface area contributed by atoms with Crippen LogP contribution in [0.1, 0.15) is 70.7 Å². The average molecular weight is 223 g/mol. The zero-order chi connectivity index (χ0) is 12.0. The predicted molar refractivity (Wildman–Crippen MR) is 67.6 cm³/mol. The first kappa shape index (κ1) is 13.2. The van der Waals surface area contributed by atoms with Crippen LogP contribution >= 0.6 is 0 Å². The van der Waals surface area contributed by atoms with Crippen molar-refractivity contribution in [3.63, 3.8) is 0 Å². The van der Waals surface area contributed by atoms with Gasteiger partial charge in [0.15, 0.2) is 0 Å². The molecule has 0 N–H and O–H groups in total. The third-order valence-corrected chi connectivity index (χ3v) is 2.95. The zero-order valence-electron chi connectivity index (χ0n) is 11.2. The number of hydrogen-bond donors (Lipinski definition) is 0. The molecule has 0 aliphatic heterocycles. The van der Waals surface area contributed by atoms with E-state index in [2.05, 4.69) is 42.7 Å². The molecule has 0 aromatic carbocycles. The van der Waals surface area contributed by atoms with E-state index in [0.717, 1.165) is 13.0 Å². The zero-order valence-corrected chi connectivity index (χ0v) is 11.2. The second kappa shape index (κ2) is 6.66. The lowest BCUT2D eigenvalue weighted by molar-refractivity contribution is 0.503. The molecule has 1 aromatic rings. The molecule has 0 atom stereocenters. The normalized spacial score (nSPS) is 11.3. The minimum atomic E-state index is 0.524. The average Bonchev–Trinajstić information content (AvgIpc) is 2.67. The van der Waals surface area contributed by atoms with E-state index in [0.29, 0.717) is 5.92 Å². The van der Waals surface area contributed by atoms with Gasteiger partial charge in [0.05, 0.1) is 11.4 Å². The van der Waals surface area contributed by atoms with Gasteiger partial charge in [-0.3, -0.25) is 0 Å².